The minimum atomic E-state index is 0.123. The van der Waals surface area contributed by atoms with Crippen molar-refractivity contribution >= 4 is 0 Å². The highest BCUT2D eigenvalue weighted by atomic mass is 15.6. The SMILES string of the molecule is CN1N=NC2c3ccccc3CCc3ccccc3C21. The molecule has 0 saturated carbocycles. The molecule has 1 aliphatic carbocycles. The summed E-state index contributed by atoms with van der Waals surface area (Å²) in [5, 5.41) is 10.9. The van der Waals surface area contributed by atoms with Crippen molar-refractivity contribution in [3.8, 4) is 0 Å². The number of rotatable bonds is 0. The van der Waals surface area contributed by atoms with Crippen LogP contribution >= 0.6 is 0 Å². The average Bonchev–Trinajstić information content (AvgIpc) is 2.85. The normalized spacial score (nSPS) is 23.6. The summed E-state index contributed by atoms with van der Waals surface area (Å²) in [6.07, 6.45) is 2.17. The first-order valence-electron chi connectivity index (χ1n) is 7.14. The maximum Gasteiger partial charge on any atom is 0.124 e. The van der Waals surface area contributed by atoms with Crippen LogP contribution in [0.1, 0.15) is 34.3 Å². The highest BCUT2D eigenvalue weighted by Crippen LogP contribution is 2.44. The van der Waals surface area contributed by atoms with E-state index in [-0.39, 0.29) is 12.1 Å². The van der Waals surface area contributed by atoms with Gasteiger partial charge in [-0.15, -0.1) is 0 Å². The van der Waals surface area contributed by atoms with Crippen LogP contribution in [0.3, 0.4) is 0 Å². The number of hydrogen-bond acceptors (Lipinski definition) is 3. The molecule has 2 aromatic rings. The molecule has 0 bridgehead atoms. The van der Waals surface area contributed by atoms with Gasteiger partial charge < -0.3 is 0 Å². The lowest BCUT2D eigenvalue weighted by Crippen LogP contribution is -2.23. The smallest absolute Gasteiger partial charge is 0.124 e. The van der Waals surface area contributed by atoms with Gasteiger partial charge in [0.1, 0.15) is 12.1 Å². The third kappa shape index (κ3) is 1.66. The van der Waals surface area contributed by atoms with Gasteiger partial charge in [0.05, 0.1) is 0 Å². The summed E-state index contributed by atoms with van der Waals surface area (Å²) in [7, 11) is 2.02. The van der Waals surface area contributed by atoms with Crippen molar-refractivity contribution in [2.45, 2.75) is 24.9 Å². The van der Waals surface area contributed by atoms with Gasteiger partial charge in [-0.05, 0) is 35.1 Å². The molecule has 0 aromatic heterocycles. The summed E-state index contributed by atoms with van der Waals surface area (Å²) in [5.41, 5.74) is 5.54. The van der Waals surface area contributed by atoms with E-state index in [9.17, 15) is 0 Å². The Morgan fingerprint density at radius 3 is 2.25 bits per heavy atom. The molecular formula is C17H17N3. The predicted octanol–water partition coefficient (Wildman–Crippen LogP) is 3.88. The van der Waals surface area contributed by atoms with Crippen LogP contribution in [0, 0.1) is 0 Å². The molecule has 2 unspecified atom stereocenters. The highest BCUT2D eigenvalue weighted by molar-refractivity contribution is 5.40. The van der Waals surface area contributed by atoms with Crippen molar-refractivity contribution < 1.29 is 0 Å². The van der Waals surface area contributed by atoms with Crippen molar-refractivity contribution in [3.63, 3.8) is 0 Å². The van der Waals surface area contributed by atoms with Gasteiger partial charge in [0, 0.05) is 7.05 Å². The fraction of sp³-hybridized carbons (Fsp3) is 0.294. The van der Waals surface area contributed by atoms with Crippen LogP contribution in [-0.2, 0) is 12.8 Å². The quantitative estimate of drug-likeness (QED) is 0.709. The van der Waals surface area contributed by atoms with Gasteiger partial charge in [0.25, 0.3) is 0 Å². The van der Waals surface area contributed by atoms with Crippen molar-refractivity contribution in [1.29, 1.82) is 0 Å². The molecule has 4 rings (SSSR count). The lowest BCUT2D eigenvalue weighted by atomic mass is 9.83. The lowest BCUT2D eigenvalue weighted by Gasteiger charge is -2.28. The minimum Gasteiger partial charge on any atom is -0.272 e. The molecule has 0 saturated heterocycles. The third-order valence-corrected chi connectivity index (χ3v) is 4.43. The Morgan fingerprint density at radius 2 is 1.50 bits per heavy atom. The summed E-state index contributed by atoms with van der Waals surface area (Å²) in [6.45, 7) is 0. The fourth-order valence-electron chi connectivity index (χ4n) is 3.43. The number of fused-ring (bicyclic) bond motifs is 5. The molecule has 2 aromatic carbocycles. The Balaban J connectivity index is 1.91. The number of aryl methyl sites for hydroxylation is 2. The molecule has 2 aliphatic rings. The topological polar surface area (TPSA) is 28.0 Å². The molecule has 2 atom stereocenters. The minimum absolute atomic E-state index is 0.123. The number of hydrogen-bond donors (Lipinski definition) is 0. The van der Waals surface area contributed by atoms with E-state index in [1.807, 2.05) is 12.1 Å². The van der Waals surface area contributed by atoms with Crippen molar-refractivity contribution in [2.75, 3.05) is 7.05 Å². The van der Waals surface area contributed by atoms with Gasteiger partial charge in [-0.1, -0.05) is 53.8 Å². The summed E-state index contributed by atoms with van der Waals surface area (Å²) in [6, 6.07) is 17.7. The Bertz CT molecular complexity index is 677. The van der Waals surface area contributed by atoms with Crippen LogP contribution in [0.2, 0.25) is 0 Å². The lowest BCUT2D eigenvalue weighted by molar-refractivity contribution is 0.272. The summed E-state index contributed by atoms with van der Waals surface area (Å²) in [5.74, 6) is 0. The fourth-order valence-corrected chi connectivity index (χ4v) is 3.43. The molecule has 100 valence electrons. The van der Waals surface area contributed by atoms with Crippen LogP contribution in [0.5, 0.6) is 0 Å². The molecule has 0 amide bonds. The van der Waals surface area contributed by atoms with E-state index in [0.29, 0.717) is 0 Å². The molecule has 0 radical (unpaired) electrons. The maximum atomic E-state index is 4.53. The van der Waals surface area contributed by atoms with Gasteiger partial charge in [0.2, 0.25) is 0 Å². The zero-order valence-electron chi connectivity index (χ0n) is 11.5. The van der Waals surface area contributed by atoms with E-state index in [2.05, 4.69) is 58.9 Å². The van der Waals surface area contributed by atoms with E-state index in [1.165, 1.54) is 22.3 Å². The first-order chi connectivity index (χ1) is 9.84. The molecule has 0 N–H and O–H groups in total. The molecule has 0 fully saturated rings. The maximum absolute atomic E-state index is 4.53. The van der Waals surface area contributed by atoms with E-state index in [0.717, 1.165) is 12.8 Å². The summed E-state index contributed by atoms with van der Waals surface area (Å²) in [4.78, 5) is 0. The number of nitrogens with zero attached hydrogens (tertiary/aromatic N) is 3. The first kappa shape index (κ1) is 11.6. The standard InChI is InChI=1S/C17H17N3/c1-20-17-15-9-5-3-7-13(15)11-10-12-6-2-4-8-14(12)16(17)18-19-20/h2-9,16-17H,10-11H2,1H3. The van der Waals surface area contributed by atoms with Crippen LogP contribution < -0.4 is 0 Å². The van der Waals surface area contributed by atoms with Gasteiger partial charge >= 0.3 is 0 Å². The van der Waals surface area contributed by atoms with E-state index >= 15 is 0 Å². The number of likely N-dealkylation sites (N-methyl/N-ethyl adjacent to an activating group) is 1. The summed E-state index contributed by atoms with van der Waals surface area (Å²) < 4.78 is 0. The van der Waals surface area contributed by atoms with Crippen LogP contribution in [0.15, 0.2) is 58.9 Å². The average molecular weight is 263 g/mol. The zero-order valence-corrected chi connectivity index (χ0v) is 11.5. The van der Waals surface area contributed by atoms with Gasteiger partial charge in [-0.25, -0.2) is 0 Å². The van der Waals surface area contributed by atoms with Gasteiger partial charge in [-0.3, -0.25) is 5.01 Å². The van der Waals surface area contributed by atoms with Gasteiger partial charge in [0.15, 0.2) is 0 Å². The second-order valence-electron chi connectivity index (χ2n) is 5.57. The molecule has 3 nitrogen and oxygen atoms in total. The Kier molecular flexibility index (Phi) is 2.59. The predicted molar refractivity (Wildman–Crippen MR) is 78.4 cm³/mol. The van der Waals surface area contributed by atoms with E-state index in [4.69, 9.17) is 0 Å². The molecule has 1 heterocycles. The second kappa shape index (κ2) is 4.44. The van der Waals surface area contributed by atoms with Crippen molar-refractivity contribution in [2.24, 2.45) is 10.3 Å². The second-order valence-corrected chi connectivity index (χ2v) is 5.57. The van der Waals surface area contributed by atoms with Crippen molar-refractivity contribution in [1.82, 2.24) is 5.01 Å². The Labute approximate surface area is 118 Å². The monoisotopic (exact) mass is 263 g/mol. The molecule has 20 heavy (non-hydrogen) atoms. The number of benzene rings is 2. The van der Waals surface area contributed by atoms with E-state index in [1.54, 1.807) is 0 Å². The Hall–Kier alpha value is -2.16. The molecule has 1 aliphatic heterocycles. The third-order valence-electron chi connectivity index (χ3n) is 4.43. The van der Waals surface area contributed by atoms with Crippen LogP contribution in [0.25, 0.3) is 0 Å². The van der Waals surface area contributed by atoms with Crippen LogP contribution in [-0.4, -0.2) is 12.1 Å². The van der Waals surface area contributed by atoms with Crippen molar-refractivity contribution in [3.05, 3.63) is 70.8 Å². The van der Waals surface area contributed by atoms with Crippen LogP contribution in [0.4, 0.5) is 0 Å². The summed E-state index contributed by atoms with van der Waals surface area (Å²) >= 11 is 0. The highest BCUT2D eigenvalue weighted by Gasteiger charge is 2.36. The zero-order chi connectivity index (χ0) is 13.5. The molecular weight excluding hydrogens is 246 g/mol. The van der Waals surface area contributed by atoms with E-state index < -0.39 is 0 Å². The molecule has 3 heteroatoms. The Morgan fingerprint density at radius 1 is 0.900 bits per heavy atom. The molecule has 0 spiro atoms. The first-order valence-corrected chi connectivity index (χ1v) is 7.14. The van der Waals surface area contributed by atoms with Gasteiger partial charge in [-0.2, -0.15) is 5.11 Å². The largest absolute Gasteiger partial charge is 0.272 e.